The molecule has 0 aliphatic heterocycles. The molecular formula is C6H6ClN3O2. The molecule has 1 aromatic rings. The molecule has 0 unspecified atom stereocenters. The summed E-state index contributed by atoms with van der Waals surface area (Å²) in [5.74, 6) is -0.408. The van der Waals surface area contributed by atoms with Crippen molar-refractivity contribution in [2.75, 3.05) is 7.11 Å². The number of hydrogen-bond donors (Lipinski definition) is 1. The third kappa shape index (κ3) is 2.14. The maximum absolute atomic E-state index is 11.0. The Morgan fingerprint density at radius 2 is 2.17 bits per heavy atom. The van der Waals surface area contributed by atoms with Crippen molar-refractivity contribution in [2.45, 2.75) is 0 Å². The Labute approximate surface area is 73.7 Å². The van der Waals surface area contributed by atoms with Gasteiger partial charge in [0.05, 0.1) is 12.7 Å². The van der Waals surface area contributed by atoms with Crippen LogP contribution in [0.1, 0.15) is 10.4 Å². The minimum Gasteiger partial charge on any atom is -0.277 e. The highest BCUT2D eigenvalue weighted by atomic mass is 35.5. The number of carbonyl (C=O) groups is 1. The van der Waals surface area contributed by atoms with Gasteiger partial charge >= 0.3 is 0 Å². The molecule has 0 saturated carbocycles. The lowest BCUT2D eigenvalue weighted by atomic mass is 10.3. The van der Waals surface area contributed by atoms with Gasteiger partial charge < -0.3 is 0 Å². The first-order valence-corrected chi connectivity index (χ1v) is 3.42. The van der Waals surface area contributed by atoms with Gasteiger partial charge in [0.2, 0.25) is 5.28 Å². The highest BCUT2D eigenvalue weighted by molar-refractivity contribution is 6.28. The SMILES string of the molecule is CONC(=O)c1cnc(Cl)nc1. The van der Waals surface area contributed by atoms with Crippen LogP contribution in [0.5, 0.6) is 0 Å². The van der Waals surface area contributed by atoms with E-state index in [4.69, 9.17) is 11.6 Å². The van der Waals surface area contributed by atoms with Crippen molar-refractivity contribution in [3.05, 3.63) is 23.2 Å². The molecule has 1 rings (SSSR count). The first-order valence-electron chi connectivity index (χ1n) is 3.05. The summed E-state index contributed by atoms with van der Waals surface area (Å²) in [6.45, 7) is 0. The van der Waals surface area contributed by atoms with E-state index in [1.54, 1.807) is 0 Å². The number of aromatic nitrogens is 2. The van der Waals surface area contributed by atoms with Crippen LogP contribution < -0.4 is 5.48 Å². The van der Waals surface area contributed by atoms with Gasteiger partial charge in [0.15, 0.2) is 0 Å². The van der Waals surface area contributed by atoms with Crippen molar-refractivity contribution >= 4 is 17.5 Å². The van der Waals surface area contributed by atoms with Gasteiger partial charge in [-0.3, -0.25) is 9.63 Å². The van der Waals surface area contributed by atoms with Gasteiger partial charge in [-0.05, 0) is 11.6 Å². The smallest absolute Gasteiger partial charge is 0.277 e. The van der Waals surface area contributed by atoms with Gasteiger partial charge in [-0.25, -0.2) is 15.4 Å². The van der Waals surface area contributed by atoms with E-state index in [0.29, 0.717) is 5.56 Å². The molecule has 0 atom stereocenters. The summed E-state index contributed by atoms with van der Waals surface area (Å²) < 4.78 is 0. The second kappa shape index (κ2) is 3.99. The first kappa shape index (κ1) is 8.89. The van der Waals surface area contributed by atoms with Gasteiger partial charge in [-0.1, -0.05) is 0 Å². The Hall–Kier alpha value is -1.20. The van der Waals surface area contributed by atoms with E-state index in [2.05, 4.69) is 20.3 Å². The van der Waals surface area contributed by atoms with Crippen molar-refractivity contribution < 1.29 is 9.63 Å². The van der Waals surface area contributed by atoms with Crippen LogP contribution in [0.4, 0.5) is 0 Å². The highest BCUT2D eigenvalue weighted by Gasteiger charge is 2.04. The van der Waals surface area contributed by atoms with Gasteiger partial charge in [0.1, 0.15) is 0 Å². The van der Waals surface area contributed by atoms with Crippen LogP contribution in [0.2, 0.25) is 5.28 Å². The topological polar surface area (TPSA) is 64.1 Å². The normalized spacial score (nSPS) is 9.50. The van der Waals surface area contributed by atoms with Crippen molar-refractivity contribution in [3.8, 4) is 0 Å². The van der Waals surface area contributed by atoms with E-state index < -0.39 is 5.91 Å². The largest absolute Gasteiger partial charge is 0.277 e. The molecule has 0 spiro atoms. The van der Waals surface area contributed by atoms with E-state index in [0.717, 1.165) is 0 Å². The summed E-state index contributed by atoms with van der Waals surface area (Å²) in [7, 11) is 1.34. The lowest BCUT2D eigenvalue weighted by molar-refractivity contribution is 0.0537. The van der Waals surface area contributed by atoms with E-state index in [9.17, 15) is 4.79 Å². The molecule has 0 saturated heterocycles. The first-order chi connectivity index (χ1) is 5.74. The average Bonchev–Trinajstić information content (AvgIpc) is 2.06. The van der Waals surface area contributed by atoms with Crippen molar-refractivity contribution in [2.24, 2.45) is 0 Å². The Balaban J connectivity index is 2.75. The number of amides is 1. The summed E-state index contributed by atoms with van der Waals surface area (Å²) in [4.78, 5) is 22.6. The van der Waals surface area contributed by atoms with Crippen LogP contribution in [-0.4, -0.2) is 23.0 Å². The predicted octanol–water partition coefficient (Wildman–Crippen LogP) is 0.421. The molecule has 0 aliphatic carbocycles. The molecule has 1 N–H and O–H groups in total. The molecule has 1 heterocycles. The van der Waals surface area contributed by atoms with Crippen LogP contribution in [0, 0.1) is 0 Å². The molecule has 0 aliphatic rings. The third-order valence-electron chi connectivity index (χ3n) is 1.08. The second-order valence-corrected chi connectivity index (χ2v) is 2.21. The van der Waals surface area contributed by atoms with Gasteiger partial charge in [-0.2, -0.15) is 0 Å². The van der Waals surface area contributed by atoms with Gasteiger partial charge in [-0.15, -0.1) is 0 Å². The van der Waals surface area contributed by atoms with Crippen LogP contribution in [0.15, 0.2) is 12.4 Å². The summed E-state index contributed by atoms with van der Waals surface area (Å²) in [5, 5.41) is 0.101. The van der Waals surface area contributed by atoms with Gasteiger partial charge in [0, 0.05) is 12.4 Å². The number of carbonyl (C=O) groups excluding carboxylic acids is 1. The maximum atomic E-state index is 11.0. The third-order valence-corrected chi connectivity index (χ3v) is 1.27. The Kier molecular flexibility index (Phi) is 2.95. The molecular weight excluding hydrogens is 182 g/mol. The summed E-state index contributed by atoms with van der Waals surface area (Å²) in [6, 6.07) is 0. The average molecular weight is 188 g/mol. The van der Waals surface area contributed by atoms with Crippen LogP contribution in [-0.2, 0) is 4.84 Å². The molecule has 0 aromatic carbocycles. The second-order valence-electron chi connectivity index (χ2n) is 1.88. The lowest BCUT2D eigenvalue weighted by Gasteiger charge is -1.99. The fourth-order valence-corrected chi connectivity index (χ4v) is 0.679. The Morgan fingerprint density at radius 3 is 2.67 bits per heavy atom. The van der Waals surface area contributed by atoms with Crippen molar-refractivity contribution in [3.63, 3.8) is 0 Å². The molecule has 64 valence electrons. The monoisotopic (exact) mass is 187 g/mol. The van der Waals surface area contributed by atoms with Crippen molar-refractivity contribution in [1.82, 2.24) is 15.4 Å². The molecule has 1 amide bonds. The fourth-order valence-electron chi connectivity index (χ4n) is 0.581. The minimum absolute atomic E-state index is 0.101. The maximum Gasteiger partial charge on any atom is 0.277 e. The zero-order valence-electron chi connectivity index (χ0n) is 6.24. The van der Waals surface area contributed by atoms with Crippen LogP contribution in [0.3, 0.4) is 0 Å². The van der Waals surface area contributed by atoms with Crippen LogP contribution >= 0.6 is 11.6 Å². The standard InChI is InChI=1S/C6H6ClN3O2/c1-12-10-5(11)4-2-8-6(7)9-3-4/h2-3H,1H3,(H,10,11). The zero-order chi connectivity index (χ0) is 8.97. The fraction of sp³-hybridized carbons (Fsp3) is 0.167. The number of rotatable bonds is 2. The minimum atomic E-state index is -0.408. The predicted molar refractivity (Wildman–Crippen MR) is 41.5 cm³/mol. The Bertz CT molecular complexity index is 275. The summed E-state index contributed by atoms with van der Waals surface area (Å²) in [5.41, 5.74) is 2.41. The van der Waals surface area contributed by atoms with E-state index in [1.165, 1.54) is 19.5 Å². The molecule has 6 heteroatoms. The molecule has 0 fully saturated rings. The van der Waals surface area contributed by atoms with Crippen LogP contribution in [0.25, 0.3) is 0 Å². The molecule has 5 nitrogen and oxygen atoms in total. The highest BCUT2D eigenvalue weighted by Crippen LogP contribution is 1.99. The summed E-state index contributed by atoms with van der Waals surface area (Å²) in [6.07, 6.45) is 2.62. The molecule has 0 bridgehead atoms. The number of hydrogen-bond acceptors (Lipinski definition) is 4. The number of hydroxylamine groups is 1. The zero-order valence-corrected chi connectivity index (χ0v) is 7.00. The molecule has 0 radical (unpaired) electrons. The number of nitrogens with zero attached hydrogens (tertiary/aromatic N) is 2. The van der Waals surface area contributed by atoms with Crippen molar-refractivity contribution in [1.29, 1.82) is 0 Å². The number of halogens is 1. The number of nitrogens with one attached hydrogen (secondary N) is 1. The quantitative estimate of drug-likeness (QED) is 0.539. The molecule has 1 aromatic heterocycles. The van der Waals surface area contributed by atoms with E-state index in [1.807, 2.05) is 0 Å². The Morgan fingerprint density at radius 1 is 1.58 bits per heavy atom. The van der Waals surface area contributed by atoms with E-state index in [-0.39, 0.29) is 5.28 Å². The molecule has 12 heavy (non-hydrogen) atoms. The van der Waals surface area contributed by atoms with Gasteiger partial charge in [0.25, 0.3) is 5.91 Å². The lowest BCUT2D eigenvalue weighted by Crippen LogP contribution is -2.22. The summed E-state index contributed by atoms with van der Waals surface area (Å²) >= 11 is 5.41. The van der Waals surface area contributed by atoms with E-state index >= 15 is 0 Å².